The molecule has 1 aromatic heterocycles. The molecule has 4 aromatic rings. The summed E-state index contributed by atoms with van der Waals surface area (Å²) in [6.45, 7) is 1.55. The van der Waals surface area contributed by atoms with Gasteiger partial charge in [0.15, 0.2) is 0 Å². The lowest BCUT2D eigenvalue weighted by atomic mass is 10.1. The number of nitrogens with one attached hydrogen (secondary N) is 2. The number of H-pyrrole nitrogens is 1. The maximum Gasteiger partial charge on any atom is 0.416 e. The topological polar surface area (TPSA) is 54.1 Å². The van der Waals surface area contributed by atoms with Gasteiger partial charge in [-0.1, -0.05) is 6.07 Å². The Hall–Kier alpha value is -3.81. The van der Waals surface area contributed by atoms with E-state index in [4.69, 9.17) is 4.74 Å². The predicted octanol–water partition coefficient (Wildman–Crippen LogP) is 6.68. The first-order valence-electron chi connectivity index (χ1n) is 9.24. The Morgan fingerprint density at radius 1 is 0.968 bits per heavy atom. The lowest BCUT2D eigenvalue weighted by molar-refractivity contribution is -0.137. The van der Waals surface area contributed by atoms with Crippen molar-refractivity contribution in [2.24, 2.45) is 0 Å². The number of halogens is 4. The van der Waals surface area contributed by atoms with Crippen LogP contribution in [0, 0.1) is 12.7 Å². The average Bonchev–Trinajstić information content (AvgIpc) is 3.17. The van der Waals surface area contributed by atoms with Gasteiger partial charge in [-0.15, -0.1) is 0 Å². The number of benzene rings is 3. The average molecular weight is 428 g/mol. The van der Waals surface area contributed by atoms with E-state index in [1.165, 1.54) is 12.1 Å². The van der Waals surface area contributed by atoms with E-state index in [0.717, 1.165) is 35.2 Å². The second kappa shape index (κ2) is 7.79. The van der Waals surface area contributed by atoms with Crippen LogP contribution in [0.15, 0.2) is 66.9 Å². The largest absolute Gasteiger partial charge is 0.456 e. The monoisotopic (exact) mass is 428 g/mol. The summed E-state index contributed by atoms with van der Waals surface area (Å²) in [5.74, 6) is -1.30. The number of ether oxygens (including phenoxy) is 1. The molecule has 31 heavy (non-hydrogen) atoms. The zero-order valence-corrected chi connectivity index (χ0v) is 16.2. The molecule has 1 heterocycles. The maximum atomic E-state index is 13.4. The number of alkyl halides is 3. The van der Waals surface area contributed by atoms with Gasteiger partial charge in [0.25, 0.3) is 5.91 Å². The zero-order chi connectivity index (χ0) is 22.2. The quantitative estimate of drug-likeness (QED) is 0.356. The van der Waals surface area contributed by atoms with Gasteiger partial charge < -0.3 is 15.0 Å². The number of hydrogen-bond donors (Lipinski definition) is 2. The molecular formula is C23H16F4N2O2. The Balaban J connectivity index is 1.70. The molecule has 0 aliphatic carbocycles. The number of fused-ring (bicyclic) bond motifs is 1. The summed E-state index contributed by atoms with van der Waals surface area (Å²) in [5.41, 5.74) is 0.572. The molecule has 0 saturated carbocycles. The third-order valence-electron chi connectivity index (χ3n) is 4.72. The Bertz CT molecular complexity index is 1280. The molecule has 0 aliphatic rings. The Morgan fingerprint density at radius 2 is 1.77 bits per heavy atom. The highest BCUT2D eigenvalue weighted by Gasteiger charge is 2.32. The molecule has 0 bridgehead atoms. The van der Waals surface area contributed by atoms with Gasteiger partial charge >= 0.3 is 6.18 Å². The third-order valence-corrected chi connectivity index (χ3v) is 4.72. The van der Waals surface area contributed by atoms with E-state index < -0.39 is 23.5 Å². The first-order chi connectivity index (χ1) is 14.7. The fraction of sp³-hybridized carbons (Fsp3) is 0.0870. The summed E-state index contributed by atoms with van der Waals surface area (Å²) in [4.78, 5) is 15.9. The number of hydrogen-bond acceptors (Lipinski definition) is 2. The fourth-order valence-corrected chi connectivity index (χ4v) is 3.14. The van der Waals surface area contributed by atoms with Crippen LogP contribution >= 0.6 is 0 Å². The van der Waals surface area contributed by atoms with Crippen molar-refractivity contribution in [3.8, 4) is 11.5 Å². The van der Waals surface area contributed by atoms with Gasteiger partial charge in [-0.2, -0.15) is 13.2 Å². The number of aryl methyl sites for hydroxylation is 1. The molecule has 0 saturated heterocycles. The van der Waals surface area contributed by atoms with Gasteiger partial charge in [-0.3, -0.25) is 4.79 Å². The number of carbonyl (C=O) groups is 1. The number of rotatable bonds is 4. The van der Waals surface area contributed by atoms with Gasteiger partial charge in [0.05, 0.1) is 11.1 Å². The molecule has 0 radical (unpaired) electrons. The van der Waals surface area contributed by atoms with Crippen LogP contribution in [0.2, 0.25) is 0 Å². The minimum Gasteiger partial charge on any atom is -0.456 e. The first-order valence-corrected chi connectivity index (χ1v) is 9.24. The van der Waals surface area contributed by atoms with E-state index in [1.54, 1.807) is 31.3 Å². The zero-order valence-electron chi connectivity index (χ0n) is 16.2. The molecule has 0 unspecified atom stereocenters. The van der Waals surface area contributed by atoms with Gasteiger partial charge in [0.2, 0.25) is 0 Å². The fourth-order valence-electron chi connectivity index (χ4n) is 3.14. The summed E-state index contributed by atoms with van der Waals surface area (Å²) in [5, 5.41) is 3.62. The van der Waals surface area contributed by atoms with E-state index in [1.807, 2.05) is 6.07 Å². The van der Waals surface area contributed by atoms with Gasteiger partial charge in [0, 0.05) is 17.4 Å². The summed E-state index contributed by atoms with van der Waals surface area (Å²) >= 11 is 0. The van der Waals surface area contributed by atoms with Crippen LogP contribution in [-0.4, -0.2) is 10.9 Å². The van der Waals surface area contributed by atoms with Crippen LogP contribution in [-0.2, 0) is 6.18 Å². The van der Waals surface area contributed by atoms with E-state index in [-0.39, 0.29) is 17.1 Å². The lowest BCUT2D eigenvalue weighted by Gasteiger charge is -2.16. The van der Waals surface area contributed by atoms with Crippen LogP contribution in [0.5, 0.6) is 11.5 Å². The summed E-state index contributed by atoms with van der Waals surface area (Å²) < 4.78 is 58.7. The molecular weight excluding hydrogens is 412 g/mol. The van der Waals surface area contributed by atoms with Crippen LogP contribution in [0.1, 0.15) is 21.5 Å². The van der Waals surface area contributed by atoms with Crippen molar-refractivity contribution in [1.29, 1.82) is 0 Å². The number of aromatic amines is 1. The number of carbonyl (C=O) groups excluding carboxylic acids is 1. The van der Waals surface area contributed by atoms with Crippen LogP contribution in [0.4, 0.5) is 23.2 Å². The second-order valence-corrected chi connectivity index (χ2v) is 6.95. The smallest absolute Gasteiger partial charge is 0.416 e. The van der Waals surface area contributed by atoms with Crippen molar-refractivity contribution >= 4 is 22.5 Å². The number of amides is 1. The van der Waals surface area contributed by atoms with E-state index in [9.17, 15) is 22.4 Å². The molecule has 3 aromatic carbocycles. The highest BCUT2D eigenvalue weighted by Crippen LogP contribution is 2.36. The van der Waals surface area contributed by atoms with Crippen molar-refractivity contribution in [2.45, 2.75) is 13.1 Å². The minimum atomic E-state index is -4.62. The van der Waals surface area contributed by atoms with Gasteiger partial charge in [0.1, 0.15) is 17.3 Å². The maximum absolute atomic E-state index is 13.4. The first kappa shape index (κ1) is 20.5. The molecule has 0 fully saturated rings. The highest BCUT2D eigenvalue weighted by atomic mass is 19.4. The molecule has 2 N–H and O–H groups in total. The van der Waals surface area contributed by atoms with Crippen LogP contribution in [0.3, 0.4) is 0 Å². The van der Waals surface area contributed by atoms with Crippen molar-refractivity contribution in [3.05, 3.63) is 89.4 Å². The van der Waals surface area contributed by atoms with E-state index >= 15 is 0 Å². The summed E-state index contributed by atoms with van der Waals surface area (Å²) in [7, 11) is 0. The van der Waals surface area contributed by atoms with E-state index in [0.29, 0.717) is 11.3 Å². The van der Waals surface area contributed by atoms with E-state index in [2.05, 4.69) is 10.3 Å². The predicted molar refractivity (Wildman–Crippen MR) is 109 cm³/mol. The Morgan fingerprint density at radius 3 is 2.52 bits per heavy atom. The molecule has 0 spiro atoms. The Labute approximate surface area is 174 Å². The number of aromatic nitrogens is 1. The van der Waals surface area contributed by atoms with Crippen LogP contribution in [0.25, 0.3) is 10.9 Å². The SMILES string of the molecule is Cc1cc(F)ccc1Oc1cc(C(F)(F)F)ccc1C(=O)Nc1ccc2cc[nH]c2c1. The van der Waals surface area contributed by atoms with Crippen molar-refractivity contribution < 1.29 is 27.1 Å². The summed E-state index contributed by atoms with van der Waals surface area (Å²) in [6.07, 6.45) is -2.87. The molecule has 8 heteroatoms. The van der Waals surface area contributed by atoms with Crippen LogP contribution < -0.4 is 10.1 Å². The highest BCUT2D eigenvalue weighted by molar-refractivity contribution is 6.07. The van der Waals surface area contributed by atoms with Crippen molar-refractivity contribution in [2.75, 3.05) is 5.32 Å². The number of anilines is 1. The molecule has 0 atom stereocenters. The molecule has 1 amide bonds. The van der Waals surface area contributed by atoms with Gasteiger partial charge in [-0.05, 0) is 72.5 Å². The minimum absolute atomic E-state index is 0.0942. The van der Waals surface area contributed by atoms with Gasteiger partial charge in [-0.25, -0.2) is 4.39 Å². The molecule has 0 aliphatic heterocycles. The molecule has 158 valence electrons. The molecule has 4 nitrogen and oxygen atoms in total. The Kier molecular flexibility index (Phi) is 5.14. The molecule has 4 rings (SSSR count). The summed E-state index contributed by atoms with van der Waals surface area (Å²) in [6, 6.07) is 13.3. The second-order valence-electron chi connectivity index (χ2n) is 6.95. The van der Waals surface area contributed by atoms with Crippen molar-refractivity contribution in [3.63, 3.8) is 0 Å². The normalized spacial score (nSPS) is 11.5. The standard InChI is InChI=1S/C23H16F4N2O2/c1-13-10-16(24)4-7-20(13)31-21-11-15(23(25,26)27)3-6-18(21)22(30)29-17-5-2-14-8-9-28-19(14)12-17/h2-12,28H,1H3,(H,29,30). The third kappa shape index (κ3) is 4.37. The lowest BCUT2D eigenvalue weighted by Crippen LogP contribution is -2.14. The van der Waals surface area contributed by atoms with Crippen molar-refractivity contribution in [1.82, 2.24) is 4.98 Å².